The summed E-state index contributed by atoms with van der Waals surface area (Å²) in [6, 6.07) is 8.78. The number of pyridine rings is 2. The molecule has 2 aliphatic rings. The van der Waals surface area contributed by atoms with E-state index < -0.39 is 40.2 Å². The van der Waals surface area contributed by atoms with Crippen molar-refractivity contribution in [2.75, 3.05) is 13.7 Å². The fourth-order valence-corrected chi connectivity index (χ4v) is 5.65. The van der Waals surface area contributed by atoms with Gasteiger partial charge >= 0.3 is 0 Å². The Balaban J connectivity index is 1.31. The highest BCUT2D eigenvalue weighted by Gasteiger charge is 2.52. The fraction of sp³-hybridized carbons (Fsp3) is 0.357. The summed E-state index contributed by atoms with van der Waals surface area (Å²) in [6.45, 7) is 0.383. The van der Waals surface area contributed by atoms with Crippen LogP contribution in [-0.4, -0.2) is 51.9 Å². The van der Waals surface area contributed by atoms with Crippen molar-refractivity contribution in [2.45, 2.75) is 50.1 Å². The highest BCUT2D eigenvalue weighted by molar-refractivity contribution is 5.93. The second-order valence-electron chi connectivity index (χ2n) is 9.69. The smallest absolute Gasteiger partial charge is 0.272 e. The van der Waals surface area contributed by atoms with Crippen LogP contribution in [0.15, 0.2) is 48.7 Å². The number of fused-ring (bicyclic) bond motifs is 1. The first-order chi connectivity index (χ1) is 18.3. The van der Waals surface area contributed by atoms with Gasteiger partial charge in [0.2, 0.25) is 11.8 Å². The van der Waals surface area contributed by atoms with Gasteiger partial charge in [0.15, 0.2) is 0 Å². The number of halogens is 3. The number of amides is 2. The van der Waals surface area contributed by atoms with Crippen molar-refractivity contribution in [3.05, 3.63) is 77.4 Å². The van der Waals surface area contributed by atoms with Crippen LogP contribution in [0.3, 0.4) is 0 Å². The van der Waals surface area contributed by atoms with Gasteiger partial charge in [0.25, 0.3) is 5.91 Å². The summed E-state index contributed by atoms with van der Waals surface area (Å²) in [5.41, 5.74) is -0.895. The number of likely N-dealkylation sites (tertiary alicyclic amines) is 1. The number of carbonyl (C=O) groups is 2. The van der Waals surface area contributed by atoms with Gasteiger partial charge in [0, 0.05) is 25.2 Å². The Morgan fingerprint density at radius 2 is 1.89 bits per heavy atom. The largest absolute Gasteiger partial charge is 0.481 e. The van der Waals surface area contributed by atoms with Crippen molar-refractivity contribution in [3.63, 3.8) is 0 Å². The number of ether oxygens (including phenoxy) is 1. The maximum absolute atomic E-state index is 14.5. The normalized spacial score (nSPS) is 20.3. The van der Waals surface area contributed by atoms with E-state index in [0.717, 1.165) is 36.6 Å². The molecule has 0 spiro atoms. The van der Waals surface area contributed by atoms with E-state index >= 15 is 0 Å². The molecule has 2 fully saturated rings. The number of aryl methyl sites for hydroxylation is 1. The quantitative estimate of drug-likeness (QED) is 0.494. The lowest BCUT2D eigenvalue weighted by Gasteiger charge is -2.33. The summed E-state index contributed by atoms with van der Waals surface area (Å²) in [6.07, 6.45) is 5.26. The van der Waals surface area contributed by atoms with Gasteiger partial charge in [-0.05, 0) is 68.0 Å². The Bertz CT molecular complexity index is 1360. The van der Waals surface area contributed by atoms with E-state index in [2.05, 4.69) is 15.3 Å². The number of benzene rings is 1. The van der Waals surface area contributed by atoms with Crippen LogP contribution in [-0.2, 0) is 11.2 Å². The Hall–Kier alpha value is -3.95. The van der Waals surface area contributed by atoms with Crippen LogP contribution >= 0.6 is 0 Å². The zero-order chi connectivity index (χ0) is 26.9. The highest BCUT2D eigenvalue weighted by atomic mass is 19.1. The minimum atomic E-state index is -0.968. The lowest BCUT2D eigenvalue weighted by molar-refractivity contribution is -0.123. The van der Waals surface area contributed by atoms with Gasteiger partial charge in [-0.1, -0.05) is 6.07 Å². The molecule has 7 nitrogen and oxygen atoms in total. The number of methoxy groups -OCH3 is 1. The molecule has 3 heterocycles. The van der Waals surface area contributed by atoms with Gasteiger partial charge in [-0.15, -0.1) is 0 Å². The Morgan fingerprint density at radius 3 is 2.66 bits per heavy atom. The lowest BCUT2D eigenvalue weighted by Crippen LogP contribution is -2.54. The van der Waals surface area contributed by atoms with Crippen molar-refractivity contribution >= 4 is 11.8 Å². The topological polar surface area (TPSA) is 84.4 Å². The van der Waals surface area contributed by atoms with Gasteiger partial charge < -0.3 is 15.0 Å². The fourth-order valence-electron chi connectivity index (χ4n) is 5.65. The third-order valence-electron chi connectivity index (χ3n) is 7.48. The molecule has 0 bridgehead atoms. The molecule has 1 aliphatic heterocycles. The first-order valence-corrected chi connectivity index (χ1v) is 12.5. The van der Waals surface area contributed by atoms with Crippen molar-refractivity contribution in [1.82, 2.24) is 20.2 Å². The summed E-state index contributed by atoms with van der Waals surface area (Å²) < 4.78 is 48.3. The molecule has 0 unspecified atom stereocenters. The molecule has 2 aromatic heterocycles. The van der Waals surface area contributed by atoms with Crippen molar-refractivity contribution in [3.8, 4) is 17.1 Å². The summed E-state index contributed by atoms with van der Waals surface area (Å²) in [5, 5.41) is 3.19. The molecule has 2 amide bonds. The first-order valence-electron chi connectivity index (χ1n) is 12.5. The molecule has 1 N–H and O–H groups in total. The lowest BCUT2D eigenvalue weighted by atomic mass is 9.92. The number of carbonyl (C=O) groups excluding carboxylic acids is 2. The molecule has 1 saturated heterocycles. The first kappa shape index (κ1) is 25.7. The SMILES string of the molecule is COc1cc(CCC(=O)N[C@]23CCC[C@@H]2N(C(=O)c2ccc(F)c(-c4c(F)cccc4F)n2)CC3)ccn1. The molecule has 1 saturated carbocycles. The van der Waals surface area contributed by atoms with Crippen molar-refractivity contribution in [2.24, 2.45) is 0 Å². The molecule has 38 heavy (non-hydrogen) atoms. The monoisotopic (exact) mass is 524 g/mol. The Labute approximate surface area is 218 Å². The van der Waals surface area contributed by atoms with Crippen LogP contribution in [0.25, 0.3) is 11.3 Å². The van der Waals surface area contributed by atoms with Crippen molar-refractivity contribution < 1.29 is 27.5 Å². The summed E-state index contributed by atoms with van der Waals surface area (Å²) in [7, 11) is 1.53. The van der Waals surface area contributed by atoms with Crippen LogP contribution in [0.1, 0.15) is 48.2 Å². The van der Waals surface area contributed by atoms with E-state index in [1.54, 1.807) is 17.2 Å². The highest BCUT2D eigenvalue weighted by Crippen LogP contribution is 2.42. The van der Waals surface area contributed by atoms with Crippen LogP contribution in [0, 0.1) is 17.5 Å². The molecule has 5 rings (SSSR count). The number of nitrogens with zero attached hydrogens (tertiary/aromatic N) is 3. The third kappa shape index (κ3) is 4.82. The van der Waals surface area contributed by atoms with Crippen LogP contribution in [0.2, 0.25) is 0 Å². The number of aromatic nitrogens is 2. The van der Waals surface area contributed by atoms with E-state index in [1.165, 1.54) is 19.2 Å². The van der Waals surface area contributed by atoms with E-state index in [-0.39, 0.29) is 24.1 Å². The summed E-state index contributed by atoms with van der Waals surface area (Å²) >= 11 is 0. The maximum Gasteiger partial charge on any atom is 0.272 e. The molecule has 1 aromatic carbocycles. The third-order valence-corrected chi connectivity index (χ3v) is 7.48. The Morgan fingerprint density at radius 1 is 1.11 bits per heavy atom. The number of rotatable bonds is 7. The molecule has 10 heteroatoms. The molecule has 3 aromatic rings. The van der Waals surface area contributed by atoms with Gasteiger partial charge in [-0.2, -0.15) is 0 Å². The zero-order valence-corrected chi connectivity index (χ0v) is 20.8. The predicted octanol–water partition coefficient (Wildman–Crippen LogP) is 4.46. The Kier molecular flexibility index (Phi) is 7.05. The minimum absolute atomic E-state index is 0.107. The van der Waals surface area contributed by atoms with Gasteiger partial charge in [0.05, 0.1) is 24.3 Å². The molecule has 2 atom stereocenters. The van der Waals surface area contributed by atoms with Crippen LogP contribution in [0.5, 0.6) is 5.88 Å². The van der Waals surface area contributed by atoms with E-state index in [1.807, 2.05) is 6.07 Å². The van der Waals surface area contributed by atoms with Crippen molar-refractivity contribution in [1.29, 1.82) is 0 Å². The van der Waals surface area contributed by atoms with Gasteiger partial charge in [0.1, 0.15) is 28.8 Å². The van der Waals surface area contributed by atoms with E-state index in [0.29, 0.717) is 31.7 Å². The second kappa shape index (κ2) is 10.4. The van der Waals surface area contributed by atoms with Gasteiger partial charge in [-0.3, -0.25) is 9.59 Å². The summed E-state index contributed by atoms with van der Waals surface area (Å²) in [4.78, 5) is 36.2. The second-order valence-corrected chi connectivity index (χ2v) is 9.69. The average molecular weight is 525 g/mol. The van der Waals surface area contributed by atoms with Gasteiger partial charge in [-0.25, -0.2) is 23.1 Å². The zero-order valence-electron chi connectivity index (χ0n) is 20.8. The molecular weight excluding hydrogens is 497 g/mol. The van der Waals surface area contributed by atoms with Crippen LogP contribution in [0.4, 0.5) is 13.2 Å². The number of nitrogens with one attached hydrogen (secondary N) is 1. The standard InChI is InChI=1S/C28H27F3N4O3/c1-38-24-16-17(11-14-32-24)7-10-23(36)34-28-12-3-6-22(28)35(15-13-28)27(37)21-9-8-20(31)26(33-21)25-18(29)4-2-5-19(25)30/h2,4-5,8-9,11,14,16,22H,3,6-7,10,12-13,15H2,1H3,(H,34,36)/t22-,28-/m0/s1. The predicted molar refractivity (Wildman–Crippen MR) is 133 cm³/mol. The molecule has 198 valence electrons. The van der Waals surface area contributed by atoms with E-state index in [4.69, 9.17) is 4.74 Å². The molecule has 1 aliphatic carbocycles. The maximum atomic E-state index is 14.5. The number of hydrogen-bond donors (Lipinski definition) is 1. The molecule has 0 radical (unpaired) electrons. The minimum Gasteiger partial charge on any atom is -0.481 e. The summed E-state index contributed by atoms with van der Waals surface area (Å²) in [5.74, 6) is -2.96. The molecular formula is C28H27F3N4O3. The van der Waals surface area contributed by atoms with Crippen LogP contribution < -0.4 is 10.1 Å². The number of hydrogen-bond acceptors (Lipinski definition) is 5. The van der Waals surface area contributed by atoms with E-state index in [9.17, 15) is 22.8 Å². The average Bonchev–Trinajstić information content (AvgIpc) is 3.46.